The van der Waals surface area contributed by atoms with Gasteiger partial charge in [0.05, 0.1) is 15.4 Å². The molecule has 2 heterocycles. The number of carbonyl (C=O) groups is 1. The van der Waals surface area contributed by atoms with Crippen molar-refractivity contribution in [3.05, 3.63) is 63.6 Å². The topological polar surface area (TPSA) is 60.9 Å². The molecular formula is C19H20BrN3OS. The smallest absolute Gasteiger partial charge is 0.173 e. The molecule has 0 saturated heterocycles. The van der Waals surface area contributed by atoms with Crippen molar-refractivity contribution in [2.75, 3.05) is 6.54 Å². The number of hydrogen-bond acceptors (Lipinski definition) is 4. The Labute approximate surface area is 159 Å². The molecule has 0 aliphatic carbocycles. The average Bonchev–Trinajstić information content (AvgIpc) is 3.20. The van der Waals surface area contributed by atoms with Gasteiger partial charge in [0.2, 0.25) is 0 Å². The summed E-state index contributed by atoms with van der Waals surface area (Å²) in [5.41, 5.74) is 8.12. The first-order chi connectivity index (χ1) is 12.1. The van der Waals surface area contributed by atoms with Gasteiger partial charge in [-0.2, -0.15) is 5.10 Å². The zero-order valence-electron chi connectivity index (χ0n) is 14.0. The Morgan fingerprint density at radius 2 is 2.08 bits per heavy atom. The number of thiophene rings is 1. The lowest BCUT2D eigenvalue weighted by atomic mass is 9.94. The Morgan fingerprint density at radius 3 is 2.72 bits per heavy atom. The van der Waals surface area contributed by atoms with E-state index in [0.29, 0.717) is 13.0 Å². The molecule has 0 saturated carbocycles. The third-order valence-corrected chi connectivity index (χ3v) is 6.28. The minimum atomic E-state index is 0.144. The second-order valence-electron chi connectivity index (χ2n) is 6.05. The highest BCUT2D eigenvalue weighted by atomic mass is 79.9. The quantitative estimate of drug-likeness (QED) is 0.582. The zero-order valence-corrected chi connectivity index (χ0v) is 16.4. The Kier molecular flexibility index (Phi) is 5.83. The maximum absolute atomic E-state index is 12.7. The van der Waals surface area contributed by atoms with Crippen LogP contribution in [0.3, 0.4) is 0 Å². The second kappa shape index (κ2) is 8.08. The van der Waals surface area contributed by atoms with Gasteiger partial charge in [-0.15, -0.1) is 11.3 Å². The van der Waals surface area contributed by atoms with Crippen LogP contribution in [-0.4, -0.2) is 22.1 Å². The molecule has 130 valence electrons. The van der Waals surface area contributed by atoms with Crippen LogP contribution < -0.4 is 5.73 Å². The molecule has 25 heavy (non-hydrogen) atoms. The fourth-order valence-corrected chi connectivity index (χ4v) is 4.71. The maximum atomic E-state index is 12.7. The molecule has 6 heteroatoms. The lowest BCUT2D eigenvalue weighted by molar-refractivity contribution is 0.0966. The summed E-state index contributed by atoms with van der Waals surface area (Å²) in [5, 5.41) is 4.20. The van der Waals surface area contributed by atoms with Crippen LogP contribution in [0.4, 0.5) is 0 Å². The highest BCUT2D eigenvalue weighted by Gasteiger charge is 2.19. The summed E-state index contributed by atoms with van der Waals surface area (Å²) < 4.78 is 2.74. The molecule has 0 aliphatic rings. The van der Waals surface area contributed by atoms with Gasteiger partial charge in [-0.1, -0.05) is 30.3 Å². The van der Waals surface area contributed by atoms with E-state index < -0.39 is 0 Å². The van der Waals surface area contributed by atoms with Crippen LogP contribution in [0.5, 0.6) is 0 Å². The number of rotatable bonds is 7. The molecule has 0 amide bonds. The molecule has 0 fully saturated rings. The van der Waals surface area contributed by atoms with E-state index in [9.17, 15) is 4.79 Å². The van der Waals surface area contributed by atoms with Crippen LogP contribution in [0.25, 0.3) is 10.6 Å². The van der Waals surface area contributed by atoms with Gasteiger partial charge in [0, 0.05) is 24.1 Å². The first-order valence-electron chi connectivity index (χ1n) is 8.13. The summed E-state index contributed by atoms with van der Waals surface area (Å²) in [6, 6.07) is 14.0. The van der Waals surface area contributed by atoms with E-state index in [4.69, 9.17) is 5.73 Å². The Bertz CT molecular complexity index is 857. The van der Waals surface area contributed by atoms with E-state index in [2.05, 4.69) is 33.2 Å². The molecule has 3 aromatic rings. The number of ketones is 1. The van der Waals surface area contributed by atoms with Crippen LogP contribution >= 0.6 is 27.3 Å². The third-order valence-electron chi connectivity index (χ3n) is 4.19. The van der Waals surface area contributed by atoms with E-state index in [1.807, 2.05) is 42.1 Å². The minimum absolute atomic E-state index is 0.144. The minimum Gasteiger partial charge on any atom is -0.330 e. The highest BCUT2D eigenvalue weighted by molar-refractivity contribution is 9.10. The largest absolute Gasteiger partial charge is 0.330 e. The molecular weight excluding hydrogens is 398 g/mol. The van der Waals surface area contributed by atoms with Crippen LogP contribution in [0.1, 0.15) is 21.7 Å². The van der Waals surface area contributed by atoms with Gasteiger partial charge in [-0.05, 0) is 52.5 Å². The van der Waals surface area contributed by atoms with Gasteiger partial charge in [0.15, 0.2) is 5.78 Å². The fourth-order valence-electron chi connectivity index (χ4n) is 2.83. The normalized spacial score (nSPS) is 12.3. The predicted octanol–water partition coefficient (Wildman–Crippen LogP) is 4.30. The first-order valence-corrected chi connectivity index (χ1v) is 9.74. The number of hydrogen-bond donors (Lipinski definition) is 1. The summed E-state index contributed by atoms with van der Waals surface area (Å²) in [6.07, 6.45) is 3.04. The average molecular weight is 418 g/mol. The highest BCUT2D eigenvalue weighted by Crippen LogP contribution is 2.37. The van der Waals surface area contributed by atoms with E-state index in [1.165, 1.54) is 16.9 Å². The van der Waals surface area contributed by atoms with Crippen LogP contribution in [0, 0.1) is 5.92 Å². The van der Waals surface area contributed by atoms with Gasteiger partial charge in [-0.3, -0.25) is 9.48 Å². The Balaban J connectivity index is 1.73. The lowest BCUT2D eigenvalue weighted by Gasteiger charge is -2.13. The summed E-state index contributed by atoms with van der Waals surface area (Å²) >= 11 is 5.07. The van der Waals surface area contributed by atoms with Gasteiger partial charge >= 0.3 is 0 Å². The van der Waals surface area contributed by atoms with Crippen LogP contribution in [0.15, 0.2) is 53.1 Å². The number of carbonyl (C=O) groups excluding carboxylic acids is 1. The number of nitrogens with two attached hydrogens (primary N) is 1. The van der Waals surface area contributed by atoms with Crippen molar-refractivity contribution >= 4 is 33.0 Å². The molecule has 0 bridgehead atoms. The number of halogens is 1. The van der Waals surface area contributed by atoms with Crippen molar-refractivity contribution in [2.24, 2.45) is 18.7 Å². The van der Waals surface area contributed by atoms with Crippen molar-refractivity contribution in [3.63, 3.8) is 0 Å². The number of nitrogens with zero attached hydrogens (tertiary/aromatic N) is 2. The summed E-state index contributed by atoms with van der Waals surface area (Å²) in [6.45, 7) is 0.502. The molecule has 1 unspecified atom stereocenters. The van der Waals surface area contributed by atoms with Crippen molar-refractivity contribution in [3.8, 4) is 10.6 Å². The van der Waals surface area contributed by atoms with Crippen LogP contribution in [0.2, 0.25) is 0 Å². The standard InChI is InChI=1S/C19H20BrN3OS/c1-23-16(7-8-22-23)19-15(20)11-18(25-19)17(24)10-14(12-21)9-13-5-3-2-4-6-13/h2-8,11,14H,9-10,12,21H2,1H3. The van der Waals surface area contributed by atoms with Gasteiger partial charge in [0.1, 0.15) is 0 Å². The monoisotopic (exact) mass is 417 g/mol. The maximum Gasteiger partial charge on any atom is 0.173 e. The van der Waals surface area contributed by atoms with E-state index in [0.717, 1.165) is 26.3 Å². The predicted molar refractivity (Wildman–Crippen MR) is 106 cm³/mol. The Morgan fingerprint density at radius 1 is 1.32 bits per heavy atom. The number of Topliss-reactive ketones (excluding diaryl/α,β-unsaturated/α-hetero) is 1. The van der Waals surface area contributed by atoms with E-state index in [1.54, 1.807) is 6.20 Å². The SMILES string of the molecule is Cn1nccc1-c1sc(C(=O)CC(CN)Cc2ccccc2)cc1Br. The van der Waals surface area contributed by atoms with Crippen molar-refractivity contribution in [1.82, 2.24) is 9.78 Å². The number of benzene rings is 1. The van der Waals surface area contributed by atoms with Gasteiger partial charge in [0.25, 0.3) is 0 Å². The molecule has 3 rings (SSSR count). The lowest BCUT2D eigenvalue weighted by Crippen LogP contribution is -2.20. The molecule has 1 aromatic carbocycles. The van der Waals surface area contributed by atoms with Crippen molar-refractivity contribution in [1.29, 1.82) is 0 Å². The fraction of sp³-hybridized carbons (Fsp3) is 0.263. The molecule has 4 nitrogen and oxygen atoms in total. The molecule has 2 N–H and O–H groups in total. The summed E-state index contributed by atoms with van der Waals surface area (Å²) in [5.74, 6) is 0.293. The third kappa shape index (κ3) is 4.26. The molecule has 0 spiro atoms. The number of aryl methyl sites for hydroxylation is 1. The first kappa shape index (κ1) is 18.0. The second-order valence-corrected chi connectivity index (χ2v) is 7.95. The van der Waals surface area contributed by atoms with Crippen LogP contribution in [-0.2, 0) is 13.5 Å². The van der Waals surface area contributed by atoms with E-state index >= 15 is 0 Å². The number of aromatic nitrogens is 2. The van der Waals surface area contributed by atoms with Gasteiger partial charge in [-0.25, -0.2) is 0 Å². The molecule has 0 radical (unpaired) electrons. The summed E-state index contributed by atoms with van der Waals surface area (Å²) in [7, 11) is 1.90. The Hall–Kier alpha value is -1.76. The van der Waals surface area contributed by atoms with Gasteiger partial charge < -0.3 is 5.73 Å². The van der Waals surface area contributed by atoms with E-state index in [-0.39, 0.29) is 11.7 Å². The van der Waals surface area contributed by atoms with Crippen molar-refractivity contribution < 1.29 is 4.79 Å². The molecule has 2 aromatic heterocycles. The molecule has 1 atom stereocenters. The van der Waals surface area contributed by atoms with Crippen molar-refractivity contribution in [2.45, 2.75) is 12.8 Å². The summed E-state index contributed by atoms with van der Waals surface area (Å²) in [4.78, 5) is 14.5. The zero-order chi connectivity index (χ0) is 17.8. The molecule has 0 aliphatic heterocycles.